The van der Waals surface area contributed by atoms with E-state index in [4.69, 9.17) is 0 Å². The summed E-state index contributed by atoms with van der Waals surface area (Å²) in [6.45, 7) is 3.05. The average Bonchev–Trinajstić information content (AvgIpc) is 2.15. The molecule has 80 valence electrons. The van der Waals surface area contributed by atoms with Crippen molar-refractivity contribution in [2.75, 3.05) is 19.7 Å². The highest BCUT2D eigenvalue weighted by Gasteiger charge is 2.21. The van der Waals surface area contributed by atoms with Gasteiger partial charge in [0.25, 0.3) is 5.09 Å². The molecule has 1 rings (SSSR count). The van der Waals surface area contributed by atoms with Crippen molar-refractivity contribution in [3.8, 4) is 0 Å². The highest BCUT2D eigenvalue weighted by molar-refractivity contribution is 5.73. The lowest BCUT2D eigenvalue weighted by Gasteiger charge is -2.30. The van der Waals surface area contributed by atoms with Crippen LogP contribution in [0.15, 0.2) is 0 Å². The fourth-order valence-corrected chi connectivity index (χ4v) is 1.58. The van der Waals surface area contributed by atoms with Crippen LogP contribution in [0.25, 0.3) is 0 Å². The minimum absolute atomic E-state index is 0.0682. The van der Waals surface area contributed by atoms with Crippen LogP contribution in [0.5, 0.6) is 0 Å². The topological polar surface area (TPSA) is 72.7 Å². The fourth-order valence-electron chi connectivity index (χ4n) is 1.58. The van der Waals surface area contributed by atoms with Gasteiger partial charge in [0.05, 0.1) is 6.61 Å². The van der Waals surface area contributed by atoms with Crippen molar-refractivity contribution in [3.63, 3.8) is 0 Å². The second-order valence-electron chi connectivity index (χ2n) is 3.47. The van der Waals surface area contributed by atoms with Crippen molar-refractivity contribution >= 4 is 5.91 Å². The van der Waals surface area contributed by atoms with Gasteiger partial charge in [-0.3, -0.25) is 4.79 Å². The van der Waals surface area contributed by atoms with E-state index in [0.29, 0.717) is 13.1 Å². The Morgan fingerprint density at radius 3 is 2.57 bits per heavy atom. The summed E-state index contributed by atoms with van der Waals surface area (Å²) in [4.78, 5) is 26.9. The second-order valence-corrected chi connectivity index (χ2v) is 3.47. The van der Waals surface area contributed by atoms with Gasteiger partial charge in [0, 0.05) is 20.0 Å². The van der Waals surface area contributed by atoms with Crippen LogP contribution in [-0.4, -0.2) is 35.6 Å². The van der Waals surface area contributed by atoms with E-state index in [2.05, 4.69) is 4.84 Å². The van der Waals surface area contributed by atoms with E-state index in [1.807, 2.05) is 0 Å². The molecule has 0 spiro atoms. The zero-order chi connectivity index (χ0) is 10.6. The molecule has 0 atom stereocenters. The smallest absolute Gasteiger partial charge is 0.294 e. The second kappa shape index (κ2) is 4.78. The van der Waals surface area contributed by atoms with E-state index < -0.39 is 5.09 Å². The molecular formula is C8H14N2O4. The molecular weight excluding hydrogens is 188 g/mol. The maximum absolute atomic E-state index is 11.0. The number of rotatable bonds is 3. The van der Waals surface area contributed by atoms with Gasteiger partial charge in [0.15, 0.2) is 0 Å². The van der Waals surface area contributed by atoms with Crippen molar-refractivity contribution in [1.82, 2.24) is 4.90 Å². The third kappa shape index (κ3) is 3.20. The minimum Gasteiger partial charge on any atom is -0.343 e. The fraction of sp³-hybridized carbons (Fsp3) is 0.875. The largest absolute Gasteiger partial charge is 0.343 e. The molecule has 1 aliphatic rings. The first-order chi connectivity index (χ1) is 6.59. The van der Waals surface area contributed by atoms with Crippen LogP contribution >= 0.6 is 0 Å². The summed E-state index contributed by atoms with van der Waals surface area (Å²) in [7, 11) is 0. The molecule has 0 unspecified atom stereocenters. The van der Waals surface area contributed by atoms with E-state index in [0.717, 1.165) is 12.8 Å². The van der Waals surface area contributed by atoms with Crippen molar-refractivity contribution in [2.45, 2.75) is 19.8 Å². The molecule has 1 amide bonds. The molecule has 14 heavy (non-hydrogen) atoms. The Bertz CT molecular complexity index is 223. The highest BCUT2D eigenvalue weighted by Crippen LogP contribution is 2.17. The standard InChI is InChI=1S/C8H14N2O4/c1-7(11)9-4-2-8(3-5-9)6-14-10(12)13/h8H,2-6H2,1H3. The Morgan fingerprint density at radius 1 is 1.57 bits per heavy atom. The molecule has 0 aromatic rings. The molecule has 1 aliphatic heterocycles. The predicted octanol–water partition coefficient (Wildman–Crippen LogP) is 0.453. The van der Waals surface area contributed by atoms with Gasteiger partial charge in [-0.1, -0.05) is 0 Å². The third-order valence-corrected chi connectivity index (χ3v) is 2.48. The van der Waals surface area contributed by atoms with Crippen LogP contribution in [0.1, 0.15) is 19.8 Å². The number of amides is 1. The lowest BCUT2D eigenvalue weighted by Crippen LogP contribution is -2.38. The molecule has 0 radical (unpaired) electrons. The van der Waals surface area contributed by atoms with Crippen molar-refractivity contribution in [1.29, 1.82) is 0 Å². The minimum atomic E-state index is -0.767. The maximum atomic E-state index is 11.0. The zero-order valence-corrected chi connectivity index (χ0v) is 8.14. The van der Waals surface area contributed by atoms with Crippen LogP contribution in [-0.2, 0) is 9.63 Å². The Balaban J connectivity index is 2.22. The normalized spacial score (nSPS) is 17.9. The molecule has 6 heteroatoms. The Kier molecular flexibility index (Phi) is 3.67. The molecule has 1 saturated heterocycles. The van der Waals surface area contributed by atoms with Crippen LogP contribution in [0, 0.1) is 16.0 Å². The van der Waals surface area contributed by atoms with E-state index in [1.165, 1.54) is 6.92 Å². The number of hydrogen-bond donors (Lipinski definition) is 0. The van der Waals surface area contributed by atoms with E-state index >= 15 is 0 Å². The average molecular weight is 202 g/mol. The molecule has 0 bridgehead atoms. The first kappa shape index (κ1) is 10.7. The van der Waals surface area contributed by atoms with Crippen molar-refractivity contribution < 1.29 is 14.7 Å². The number of carbonyl (C=O) groups excluding carboxylic acids is 1. The number of hydrogen-bond acceptors (Lipinski definition) is 4. The molecule has 1 fully saturated rings. The van der Waals surface area contributed by atoms with Gasteiger partial charge in [-0.25, -0.2) is 0 Å². The lowest BCUT2D eigenvalue weighted by molar-refractivity contribution is -0.759. The van der Waals surface area contributed by atoms with Gasteiger partial charge in [0.1, 0.15) is 0 Å². The zero-order valence-electron chi connectivity index (χ0n) is 8.14. The number of piperidine rings is 1. The van der Waals surface area contributed by atoms with Gasteiger partial charge < -0.3 is 9.74 Å². The van der Waals surface area contributed by atoms with Crippen LogP contribution < -0.4 is 0 Å². The first-order valence-electron chi connectivity index (χ1n) is 4.62. The summed E-state index contributed by atoms with van der Waals surface area (Å²) in [5.74, 6) is 0.273. The van der Waals surface area contributed by atoms with Crippen molar-refractivity contribution in [2.24, 2.45) is 5.92 Å². The monoisotopic (exact) mass is 202 g/mol. The van der Waals surface area contributed by atoms with E-state index in [1.54, 1.807) is 4.90 Å². The molecule has 0 aliphatic carbocycles. The van der Waals surface area contributed by atoms with Gasteiger partial charge in [-0.2, -0.15) is 0 Å². The van der Waals surface area contributed by atoms with Crippen LogP contribution in [0.2, 0.25) is 0 Å². The molecule has 6 nitrogen and oxygen atoms in total. The maximum Gasteiger partial charge on any atom is 0.294 e. The summed E-state index contributed by atoms with van der Waals surface area (Å²) >= 11 is 0. The van der Waals surface area contributed by atoms with E-state index in [9.17, 15) is 14.9 Å². The SMILES string of the molecule is CC(=O)N1CCC(CO[N+](=O)[O-])CC1. The van der Waals surface area contributed by atoms with Gasteiger partial charge >= 0.3 is 0 Å². The van der Waals surface area contributed by atoms with E-state index in [-0.39, 0.29) is 18.4 Å². The Labute approximate surface area is 81.9 Å². The Hall–Kier alpha value is -1.33. The summed E-state index contributed by atoms with van der Waals surface area (Å²) in [6, 6.07) is 0. The molecule has 0 aromatic heterocycles. The summed E-state index contributed by atoms with van der Waals surface area (Å²) in [5, 5.41) is 9.17. The van der Waals surface area contributed by atoms with Crippen LogP contribution in [0.3, 0.4) is 0 Å². The number of carbonyl (C=O) groups is 1. The molecule has 0 N–H and O–H groups in total. The molecule has 0 saturated carbocycles. The van der Waals surface area contributed by atoms with Crippen LogP contribution in [0.4, 0.5) is 0 Å². The quantitative estimate of drug-likeness (QED) is 0.492. The Morgan fingerprint density at radius 2 is 2.14 bits per heavy atom. The number of likely N-dealkylation sites (tertiary alicyclic amines) is 1. The summed E-state index contributed by atoms with van der Waals surface area (Å²) in [5.41, 5.74) is 0. The number of nitrogens with zero attached hydrogens (tertiary/aromatic N) is 2. The summed E-state index contributed by atoms with van der Waals surface area (Å²) in [6.07, 6.45) is 1.57. The molecule has 1 heterocycles. The van der Waals surface area contributed by atoms with Gasteiger partial charge in [0.2, 0.25) is 5.91 Å². The highest BCUT2D eigenvalue weighted by atomic mass is 16.9. The summed E-state index contributed by atoms with van der Waals surface area (Å²) < 4.78 is 0. The van der Waals surface area contributed by atoms with Crippen molar-refractivity contribution in [3.05, 3.63) is 10.1 Å². The first-order valence-corrected chi connectivity index (χ1v) is 4.62. The van der Waals surface area contributed by atoms with Gasteiger partial charge in [-0.15, -0.1) is 10.1 Å². The van der Waals surface area contributed by atoms with Gasteiger partial charge in [-0.05, 0) is 18.8 Å². The third-order valence-electron chi connectivity index (χ3n) is 2.48. The molecule has 0 aromatic carbocycles. The lowest BCUT2D eigenvalue weighted by atomic mass is 9.98. The predicted molar refractivity (Wildman–Crippen MR) is 47.9 cm³/mol.